The molecule has 0 saturated carbocycles. The molecule has 5 rings (SSSR count). The van der Waals surface area contributed by atoms with E-state index in [0.717, 1.165) is 22.6 Å². The Labute approximate surface area is 220 Å². The fourth-order valence-electron chi connectivity index (χ4n) is 4.47. The summed E-state index contributed by atoms with van der Waals surface area (Å²) in [6.45, 7) is 4.78. The summed E-state index contributed by atoms with van der Waals surface area (Å²) in [5, 5.41) is 2.50. The quantitative estimate of drug-likeness (QED) is 0.321. The second kappa shape index (κ2) is 10.6. The number of hydrogen-bond donors (Lipinski definition) is 0. The Hall–Kier alpha value is -3.91. The standard InChI is InChI=1S/C29H29N3O4S/c1-19(2)31(3)28(33)24-18-37-26(30-24)17-36-22-12-11-20-13-14-32(29(34)25-10-7-15-35-25)27(23(20)16-22)21-8-5-4-6-9-21/h4-12,15-16,18-19,27H,13-14,17H2,1-3H3. The zero-order chi connectivity index (χ0) is 25.9. The number of hydrogen-bond acceptors (Lipinski definition) is 6. The summed E-state index contributed by atoms with van der Waals surface area (Å²) in [5.41, 5.74) is 3.67. The summed E-state index contributed by atoms with van der Waals surface area (Å²) in [6, 6.07) is 19.3. The Balaban J connectivity index is 1.39. The lowest BCUT2D eigenvalue weighted by molar-refractivity contribution is 0.0661. The van der Waals surface area contributed by atoms with Crippen LogP contribution < -0.4 is 4.74 Å². The summed E-state index contributed by atoms with van der Waals surface area (Å²) in [5.74, 6) is 0.781. The lowest BCUT2D eigenvalue weighted by atomic mass is 9.87. The molecule has 0 fully saturated rings. The van der Waals surface area contributed by atoms with Crippen molar-refractivity contribution in [2.24, 2.45) is 0 Å². The number of benzene rings is 2. The Morgan fingerprint density at radius 2 is 1.97 bits per heavy atom. The largest absolute Gasteiger partial charge is 0.486 e. The van der Waals surface area contributed by atoms with Gasteiger partial charge in [0.1, 0.15) is 23.1 Å². The van der Waals surface area contributed by atoms with Crippen LogP contribution >= 0.6 is 11.3 Å². The molecule has 1 atom stereocenters. The maximum absolute atomic E-state index is 13.4. The molecule has 1 aliphatic rings. The van der Waals surface area contributed by atoms with Crippen LogP contribution in [0.1, 0.15) is 62.6 Å². The average Bonchev–Trinajstić information content (AvgIpc) is 3.63. The van der Waals surface area contributed by atoms with E-state index in [1.807, 2.05) is 61.2 Å². The summed E-state index contributed by atoms with van der Waals surface area (Å²) < 4.78 is 11.5. The molecule has 37 heavy (non-hydrogen) atoms. The van der Waals surface area contributed by atoms with E-state index in [1.54, 1.807) is 29.5 Å². The van der Waals surface area contributed by atoms with Crippen molar-refractivity contribution in [3.8, 4) is 5.75 Å². The number of rotatable bonds is 7. The molecule has 0 N–H and O–H groups in total. The molecule has 7 nitrogen and oxygen atoms in total. The van der Waals surface area contributed by atoms with Crippen LogP contribution in [0.15, 0.2) is 76.7 Å². The van der Waals surface area contributed by atoms with Gasteiger partial charge in [0, 0.05) is 25.0 Å². The van der Waals surface area contributed by atoms with Gasteiger partial charge in [-0.2, -0.15) is 0 Å². The molecule has 1 unspecified atom stereocenters. The average molecular weight is 516 g/mol. The number of nitrogens with zero attached hydrogens (tertiary/aromatic N) is 3. The van der Waals surface area contributed by atoms with Crippen LogP contribution in [-0.4, -0.2) is 46.2 Å². The lowest BCUT2D eigenvalue weighted by Gasteiger charge is -2.37. The predicted molar refractivity (Wildman–Crippen MR) is 142 cm³/mol. The van der Waals surface area contributed by atoms with Crippen molar-refractivity contribution in [3.63, 3.8) is 0 Å². The van der Waals surface area contributed by atoms with Crippen molar-refractivity contribution in [2.75, 3.05) is 13.6 Å². The van der Waals surface area contributed by atoms with E-state index in [9.17, 15) is 9.59 Å². The minimum atomic E-state index is -0.262. The number of furan rings is 1. The molecule has 4 aromatic rings. The van der Waals surface area contributed by atoms with Gasteiger partial charge in [0.2, 0.25) is 0 Å². The van der Waals surface area contributed by atoms with Crippen molar-refractivity contribution >= 4 is 23.2 Å². The summed E-state index contributed by atoms with van der Waals surface area (Å²) >= 11 is 1.41. The second-order valence-corrected chi connectivity index (χ2v) is 10.3. The number of amides is 2. The molecule has 1 aliphatic heterocycles. The highest BCUT2D eigenvalue weighted by Gasteiger charge is 2.34. The molecule has 0 radical (unpaired) electrons. The van der Waals surface area contributed by atoms with Gasteiger partial charge >= 0.3 is 0 Å². The zero-order valence-electron chi connectivity index (χ0n) is 21.1. The van der Waals surface area contributed by atoms with E-state index >= 15 is 0 Å². The topological polar surface area (TPSA) is 75.9 Å². The Bertz CT molecular complexity index is 1380. The molecule has 0 saturated heterocycles. The van der Waals surface area contributed by atoms with Crippen LogP contribution in [0, 0.1) is 0 Å². The molecule has 190 valence electrons. The molecule has 2 amide bonds. The highest BCUT2D eigenvalue weighted by atomic mass is 32.1. The maximum atomic E-state index is 13.4. The van der Waals surface area contributed by atoms with Gasteiger partial charge in [-0.05, 0) is 61.2 Å². The molecule has 0 bridgehead atoms. The fraction of sp³-hybridized carbons (Fsp3) is 0.276. The van der Waals surface area contributed by atoms with Crippen LogP contribution in [0.5, 0.6) is 5.75 Å². The Kier molecular flexibility index (Phi) is 7.10. The highest BCUT2D eigenvalue weighted by Crippen LogP contribution is 2.38. The normalized spacial score (nSPS) is 14.9. The van der Waals surface area contributed by atoms with E-state index in [2.05, 4.69) is 11.1 Å². The molecular weight excluding hydrogens is 486 g/mol. The number of carbonyl (C=O) groups excluding carboxylic acids is 2. The number of thiazole rings is 1. The minimum Gasteiger partial charge on any atom is -0.486 e. The molecular formula is C29H29N3O4S. The van der Waals surface area contributed by atoms with E-state index in [0.29, 0.717) is 23.7 Å². The van der Waals surface area contributed by atoms with E-state index in [1.165, 1.54) is 23.2 Å². The highest BCUT2D eigenvalue weighted by molar-refractivity contribution is 7.09. The third kappa shape index (κ3) is 5.15. The van der Waals surface area contributed by atoms with Crippen LogP contribution in [-0.2, 0) is 13.0 Å². The van der Waals surface area contributed by atoms with Crippen molar-refractivity contribution in [1.29, 1.82) is 0 Å². The van der Waals surface area contributed by atoms with Gasteiger partial charge in [0.25, 0.3) is 11.8 Å². The first-order valence-electron chi connectivity index (χ1n) is 12.3. The van der Waals surface area contributed by atoms with Gasteiger partial charge < -0.3 is 19.0 Å². The lowest BCUT2D eigenvalue weighted by Crippen LogP contribution is -2.40. The van der Waals surface area contributed by atoms with E-state index in [-0.39, 0.29) is 30.5 Å². The molecule has 0 aliphatic carbocycles. The SMILES string of the molecule is CC(C)N(C)C(=O)c1csc(COc2ccc3c(c2)C(c2ccccc2)N(C(=O)c2ccco2)CC3)n1. The smallest absolute Gasteiger partial charge is 0.290 e. The van der Waals surface area contributed by atoms with Crippen LogP contribution in [0.2, 0.25) is 0 Å². The van der Waals surface area contributed by atoms with E-state index < -0.39 is 0 Å². The first-order valence-corrected chi connectivity index (χ1v) is 13.2. The Morgan fingerprint density at radius 3 is 2.70 bits per heavy atom. The minimum absolute atomic E-state index is 0.0983. The van der Waals surface area contributed by atoms with Crippen molar-refractivity contribution in [1.82, 2.24) is 14.8 Å². The Morgan fingerprint density at radius 1 is 1.16 bits per heavy atom. The van der Waals surface area contributed by atoms with Crippen molar-refractivity contribution in [3.05, 3.63) is 105 Å². The first-order chi connectivity index (χ1) is 17.9. The third-order valence-corrected chi connectivity index (χ3v) is 7.50. The van der Waals surface area contributed by atoms with E-state index in [4.69, 9.17) is 9.15 Å². The molecule has 0 spiro atoms. The van der Waals surface area contributed by atoms with Crippen LogP contribution in [0.4, 0.5) is 0 Å². The van der Waals surface area contributed by atoms with Gasteiger partial charge in [-0.1, -0.05) is 36.4 Å². The number of ether oxygens (including phenoxy) is 1. The van der Waals surface area contributed by atoms with Gasteiger partial charge in [0.05, 0.1) is 12.3 Å². The van der Waals surface area contributed by atoms with Crippen molar-refractivity contribution < 1.29 is 18.7 Å². The predicted octanol–water partition coefficient (Wildman–Crippen LogP) is 5.58. The number of fused-ring (bicyclic) bond motifs is 1. The monoisotopic (exact) mass is 515 g/mol. The molecule has 2 aromatic heterocycles. The molecule has 8 heteroatoms. The van der Waals surface area contributed by atoms with Crippen molar-refractivity contribution in [2.45, 2.75) is 39.0 Å². The first kappa shape index (κ1) is 24.8. The summed E-state index contributed by atoms with van der Waals surface area (Å²) in [4.78, 5) is 33.9. The summed E-state index contributed by atoms with van der Waals surface area (Å²) in [6.07, 6.45) is 2.26. The fourth-order valence-corrected chi connectivity index (χ4v) is 5.15. The molecule has 2 aromatic carbocycles. The van der Waals surface area contributed by atoms with Gasteiger partial charge in [-0.15, -0.1) is 11.3 Å². The third-order valence-electron chi connectivity index (χ3n) is 6.68. The van der Waals surface area contributed by atoms with Gasteiger partial charge in [-0.3, -0.25) is 9.59 Å². The van der Waals surface area contributed by atoms with Crippen LogP contribution in [0.25, 0.3) is 0 Å². The van der Waals surface area contributed by atoms with Gasteiger partial charge in [-0.25, -0.2) is 4.98 Å². The number of aromatic nitrogens is 1. The van der Waals surface area contributed by atoms with Crippen LogP contribution in [0.3, 0.4) is 0 Å². The second-order valence-electron chi connectivity index (χ2n) is 9.32. The summed E-state index contributed by atoms with van der Waals surface area (Å²) in [7, 11) is 1.78. The molecule has 3 heterocycles. The number of carbonyl (C=O) groups is 2. The van der Waals surface area contributed by atoms with Gasteiger partial charge in [0.15, 0.2) is 5.76 Å². The zero-order valence-corrected chi connectivity index (χ0v) is 21.9. The maximum Gasteiger partial charge on any atom is 0.290 e.